The molecule has 2 rings (SSSR count). The fourth-order valence-corrected chi connectivity index (χ4v) is 1.71. The zero-order chi connectivity index (χ0) is 14.7. The number of hydrogen-bond donors (Lipinski definition) is 1. The monoisotopic (exact) mass is 281 g/mol. The maximum Gasteiger partial charge on any atom is 0.223 e. The highest BCUT2D eigenvalue weighted by Crippen LogP contribution is 2.27. The van der Waals surface area contributed by atoms with Gasteiger partial charge in [-0.3, -0.25) is 0 Å². The van der Waals surface area contributed by atoms with E-state index in [1.807, 2.05) is 6.92 Å². The molecule has 1 aromatic carbocycles. The lowest BCUT2D eigenvalue weighted by Gasteiger charge is -2.09. The standard InChI is InChI=1S/C14H14F3N3/c1-3-6-18-14-19-7-10(15)13(20-14)9-5-4-8(2)11(16)12(9)17/h4-5,7H,3,6H2,1-2H3,(H,18,19,20). The summed E-state index contributed by atoms with van der Waals surface area (Å²) in [6.45, 7) is 4.00. The second kappa shape index (κ2) is 5.90. The van der Waals surface area contributed by atoms with Gasteiger partial charge in [0.05, 0.1) is 6.20 Å². The van der Waals surface area contributed by atoms with Crippen LogP contribution in [0.5, 0.6) is 0 Å². The number of anilines is 1. The molecule has 6 heteroatoms. The maximum absolute atomic E-state index is 13.9. The van der Waals surface area contributed by atoms with Crippen LogP contribution in [0.15, 0.2) is 18.3 Å². The average molecular weight is 281 g/mol. The highest BCUT2D eigenvalue weighted by atomic mass is 19.2. The zero-order valence-electron chi connectivity index (χ0n) is 11.2. The Balaban J connectivity index is 2.49. The minimum atomic E-state index is -1.11. The summed E-state index contributed by atoms with van der Waals surface area (Å²) in [5.41, 5.74) is -0.312. The number of benzene rings is 1. The van der Waals surface area contributed by atoms with E-state index in [0.29, 0.717) is 6.54 Å². The Morgan fingerprint density at radius 2 is 1.90 bits per heavy atom. The molecule has 0 radical (unpaired) electrons. The molecule has 0 saturated heterocycles. The van der Waals surface area contributed by atoms with Crippen LogP contribution >= 0.6 is 0 Å². The third-order valence-electron chi connectivity index (χ3n) is 2.81. The molecule has 0 bridgehead atoms. The van der Waals surface area contributed by atoms with Crippen LogP contribution in [0, 0.1) is 24.4 Å². The topological polar surface area (TPSA) is 37.8 Å². The van der Waals surface area contributed by atoms with E-state index < -0.39 is 17.5 Å². The van der Waals surface area contributed by atoms with Gasteiger partial charge in [-0.05, 0) is 25.0 Å². The van der Waals surface area contributed by atoms with Gasteiger partial charge >= 0.3 is 0 Å². The lowest BCUT2D eigenvalue weighted by molar-refractivity contribution is 0.504. The first-order chi connectivity index (χ1) is 9.54. The van der Waals surface area contributed by atoms with E-state index in [0.717, 1.165) is 12.6 Å². The number of nitrogens with zero attached hydrogens (tertiary/aromatic N) is 2. The Labute approximate surface area is 114 Å². The fraction of sp³-hybridized carbons (Fsp3) is 0.286. The van der Waals surface area contributed by atoms with Crippen molar-refractivity contribution in [2.75, 3.05) is 11.9 Å². The molecule has 0 fully saturated rings. The zero-order valence-corrected chi connectivity index (χ0v) is 11.2. The quantitative estimate of drug-likeness (QED) is 0.928. The van der Waals surface area contributed by atoms with Crippen LogP contribution in [0.4, 0.5) is 19.1 Å². The first-order valence-corrected chi connectivity index (χ1v) is 6.26. The maximum atomic E-state index is 13.9. The fourth-order valence-electron chi connectivity index (χ4n) is 1.71. The van der Waals surface area contributed by atoms with Gasteiger partial charge in [-0.25, -0.2) is 23.1 Å². The Morgan fingerprint density at radius 1 is 1.15 bits per heavy atom. The molecule has 0 aliphatic rings. The highest BCUT2D eigenvalue weighted by Gasteiger charge is 2.17. The van der Waals surface area contributed by atoms with Crippen LogP contribution < -0.4 is 5.32 Å². The summed E-state index contributed by atoms with van der Waals surface area (Å²) >= 11 is 0. The third kappa shape index (κ3) is 2.74. The minimum Gasteiger partial charge on any atom is -0.354 e. The summed E-state index contributed by atoms with van der Waals surface area (Å²) in [7, 11) is 0. The third-order valence-corrected chi connectivity index (χ3v) is 2.81. The largest absolute Gasteiger partial charge is 0.354 e. The van der Waals surface area contributed by atoms with Crippen molar-refractivity contribution in [3.05, 3.63) is 41.3 Å². The van der Waals surface area contributed by atoms with Gasteiger partial charge in [0.1, 0.15) is 5.69 Å². The molecule has 0 saturated carbocycles. The van der Waals surface area contributed by atoms with Crippen molar-refractivity contribution in [3.8, 4) is 11.3 Å². The summed E-state index contributed by atoms with van der Waals surface area (Å²) in [5, 5.41) is 2.87. The Morgan fingerprint density at radius 3 is 2.60 bits per heavy atom. The molecule has 0 atom stereocenters. The number of aryl methyl sites for hydroxylation is 1. The molecule has 0 aliphatic carbocycles. The Bertz CT molecular complexity index is 629. The lowest BCUT2D eigenvalue weighted by atomic mass is 10.1. The van der Waals surface area contributed by atoms with Crippen molar-refractivity contribution in [2.45, 2.75) is 20.3 Å². The molecule has 0 unspecified atom stereocenters. The van der Waals surface area contributed by atoms with E-state index in [4.69, 9.17) is 0 Å². The van der Waals surface area contributed by atoms with E-state index in [-0.39, 0.29) is 22.8 Å². The summed E-state index contributed by atoms with van der Waals surface area (Å²) in [5.74, 6) is -2.72. The van der Waals surface area contributed by atoms with E-state index in [9.17, 15) is 13.2 Å². The minimum absolute atomic E-state index is 0.157. The summed E-state index contributed by atoms with van der Waals surface area (Å²) in [6, 6.07) is 2.69. The molecule has 1 N–H and O–H groups in total. The van der Waals surface area contributed by atoms with Gasteiger partial charge < -0.3 is 5.32 Å². The Kier molecular flexibility index (Phi) is 4.22. The normalized spacial score (nSPS) is 10.7. The van der Waals surface area contributed by atoms with Gasteiger partial charge in [-0.1, -0.05) is 13.0 Å². The van der Waals surface area contributed by atoms with Crippen LogP contribution in [0.3, 0.4) is 0 Å². The smallest absolute Gasteiger partial charge is 0.223 e. The van der Waals surface area contributed by atoms with Gasteiger partial charge in [-0.15, -0.1) is 0 Å². The molecule has 3 nitrogen and oxygen atoms in total. The number of nitrogens with one attached hydrogen (secondary N) is 1. The van der Waals surface area contributed by atoms with E-state index in [2.05, 4.69) is 15.3 Å². The van der Waals surface area contributed by atoms with Crippen molar-refractivity contribution in [3.63, 3.8) is 0 Å². The molecule has 20 heavy (non-hydrogen) atoms. The molecule has 2 aromatic rings. The SMILES string of the molecule is CCCNc1ncc(F)c(-c2ccc(C)c(F)c2F)n1. The summed E-state index contributed by atoms with van der Waals surface area (Å²) < 4.78 is 41.2. The molecule has 0 aliphatic heterocycles. The van der Waals surface area contributed by atoms with Crippen LogP contribution in [0.1, 0.15) is 18.9 Å². The van der Waals surface area contributed by atoms with Crippen LogP contribution in [-0.4, -0.2) is 16.5 Å². The van der Waals surface area contributed by atoms with Crippen molar-refractivity contribution in [1.82, 2.24) is 9.97 Å². The molecule has 1 heterocycles. The van der Waals surface area contributed by atoms with Crippen molar-refractivity contribution in [1.29, 1.82) is 0 Å². The predicted octanol–water partition coefficient (Wildman–Crippen LogP) is 3.69. The van der Waals surface area contributed by atoms with Crippen LogP contribution in [-0.2, 0) is 0 Å². The van der Waals surface area contributed by atoms with Crippen molar-refractivity contribution in [2.24, 2.45) is 0 Å². The molecule has 1 aromatic heterocycles. The van der Waals surface area contributed by atoms with Crippen molar-refractivity contribution < 1.29 is 13.2 Å². The molecular formula is C14H14F3N3. The number of aromatic nitrogens is 2. The van der Waals surface area contributed by atoms with E-state index in [1.54, 1.807) is 0 Å². The van der Waals surface area contributed by atoms with Gasteiger partial charge in [0.2, 0.25) is 5.95 Å². The van der Waals surface area contributed by atoms with Gasteiger partial charge in [-0.2, -0.15) is 0 Å². The molecule has 0 amide bonds. The second-order valence-electron chi connectivity index (χ2n) is 4.37. The first-order valence-electron chi connectivity index (χ1n) is 6.26. The highest BCUT2D eigenvalue weighted by molar-refractivity contribution is 5.62. The average Bonchev–Trinajstić information content (AvgIpc) is 2.45. The van der Waals surface area contributed by atoms with Gasteiger partial charge in [0.15, 0.2) is 17.5 Å². The molecule has 106 valence electrons. The number of halogens is 3. The summed E-state index contributed by atoms with van der Waals surface area (Å²) in [4.78, 5) is 7.67. The van der Waals surface area contributed by atoms with Crippen LogP contribution in [0.25, 0.3) is 11.3 Å². The van der Waals surface area contributed by atoms with Gasteiger partial charge in [0.25, 0.3) is 0 Å². The number of hydrogen-bond acceptors (Lipinski definition) is 3. The Hall–Kier alpha value is -2.11. The van der Waals surface area contributed by atoms with Gasteiger partial charge in [0, 0.05) is 12.1 Å². The van der Waals surface area contributed by atoms with Crippen LogP contribution in [0.2, 0.25) is 0 Å². The van der Waals surface area contributed by atoms with Crippen molar-refractivity contribution >= 4 is 5.95 Å². The first kappa shape index (κ1) is 14.3. The van der Waals surface area contributed by atoms with E-state index in [1.165, 1.54) is 19.1 Å². The van der Waals surface area contributed by atoms with E-state index >= 15 is 0 Å². The number of rotatable bonds is 4. The second-order valence-corrected chi connectivity index (χ2v) is 4.37. The summed E-state index contributed by atoms with van der Waals surface area (Å²) in [6.07, 6.45) is 1.78. The molecule has 0 spiro atoms. The predicted molar refractivity (Wildman–Crippen MR) is 70.9 cm³/mol. The molecular weight excluding hydrogens is 267 g/mol. The lowest BCUT2D eigenvalue weighted by Crippen LogP contribution is -2.06.